The fraction of sp³-hybridized carbons (Fsp3) is 0.833. The minimum atomic E-state index is -0.517. The predicted octanol–water partition coefficient (Wildman–Crippen LogP) is 1.51. The van der Waals surface area contributed by atoms with Gasteiger partial charge in [0.15, 0.2) is 0 Å². The fourth-order valence-corrected chi connectivity index (χ4v) is 1.91. The second-order valence-electron chi connectivity index (χ2n) is 5.66. The number of hydrogen-bond acceptors (Lipinski definition) is 3. The van der Waals surface area contributed by atoms with E-state index >= 15 is 0 Å². The Hall–Kier alpha value is -1.26. The summed E-state index contributed by atoms with van der Waals surface area (Å²) in [4.78, 5) is 24.7. The van der Waals surface area contributed by atoms with E-state index in [9.17, 15) is 9.59 Å². The fourth-order valence-electron chi connectivity index (χ4n) is 1.91. The number of nitrogens with zero attached hydrogens (tertiary/aromatic N) is 1. The van der Waals surface area contributed by atoms with Gasteiger partial charge in [0.2, 0.25) is 5.91 Å². The normalized spacial score (nSPS) is 25.5. The number of carbonyl (C=O) groups is 2. The first-order chi connectivity index (χ1) is 7.70. The third-order valence-electron chi connectivity index (χ3n) is 2.91. The summed E-state index contributed by atoms with van der Waals surface area (Å²) in [5.74, 6) is -0.593. The van der Waals surface area contributed by atoms with Gasteiger partial charge in [0.1, 0.15) is 5.60 Å². The van der Waals surface area contributed by atoms with Gasteiger partial charge in [0.25, 0.3) is 0 Å². The van der Waals surface area contributed by atoms with Crippen LogP contribution in [0.2, 0.25) is 0 Å². The highest BCUT2D eigenvalue weighted by Crippen LogP contribution is 2.23. The number of rotatable bonds is 1. The van der Waals surface area contributed by atoms with Crippen LogP contribution in [0, 0.1) is 5.92 Å². The molecule has 5 nitrogen and oxygen atoms in total. The zero-order valence-electron chi connectivity index (χ0n) is 11.0. The molecule has 1 rings (SSSR count). The Kier molecular flexibility index (Phi) is 4.01. The molecule has 1 heterocycles. The average molecular weight is 242 g/mol. The van der Waals surface area contributed by atoms with Crippen molar-refractivity contribution < 1.29 is 14.3 Å². The third kappa shape index (κ3) is 3.91. The molecule has 0 aromatic rings. The molecule has 0 unspecified atom stereocenters. The van der Waals surface area contributed by atoms with Crippen molar-refractivity contribution in [1.82, 2.24) is 4.90 Å². The van der Waals surface area contributed by atoms with Crippen LogP contribution in [-0.2, 0) is 9.53 Å². The second-order valence-corrected chi connectivity index (χ2v) is 5.66. The maximum absolute atomic E-state index is 11.9. The van der Waals surface area contributed by atoms with Crippen molar-refractivity contribution in [3.63, 3.8) is 0 Å². The topological polar surface area (TPSA) is 72.6 Å². The predicted molar refractivity (Wildman–Crippen MR) is 64.3 cm³/mol. The number of hydrogen-bond donors (Lipinski definition) is 1. The lowest BCUT2D eigenvalue weighted by Gasteiger charge is -2.37. The molecule has 98 valence electrons. The van der Waals surface area contributed by atoms with Gasteiger partial charge >= 0.3 is 6.09 Å². The minimum absolute atomic E-state index is 0.0976. The Morgan fingerprint density at radius 3 is 2.35 bits per heavy atom. The molecule has 1 fully saturated rings. The van der Waals surface area contributed by atoms with Crippen LogP contribution in [0.3, 0.4) is 0 Å². The summed E-state index contributed by atoms with van der Waals surface area (Å²) in [5, 5.41) is 0. The molecule has 2 amide bonds. The van der Waals surface area contributed by atoms with Gasteiger partial charge in [-0.05, 0) is 40.5 Å². The first kappa shape index (κ1) is 13.8. The van der Waals surface area contributed by atoms with Gasteiger partial charge in [-0.15, -0.1) is 0 Å². The number of nitrogens with two attached hydrogens (primary N) is 1. The van der Waals surface area contributed by atoms with E-state index in [2.05, 4.69) is 0 Å². The zero-order valence-corrected chi connectivity index (χ0v) is 11.0. The summed E-state index contributed by atoms with van der Waals surface area (Å²) in [6.07, 6.45) is 1.17. The van der Waals surface area contributed by atoms with Crippen molar-refractivity contribution in [2.45, 2.75) is 52.2 Å². The number of amides is 2. The van der Waals surface area contributed by atoms with Gasteiger partial charge in [-0.2, -0.15) is 0 Å². The summed E-state index contributed by atoms with van der Waals surface area (Å²) in [6, 6.07) is 0.0976. The van der Waals surface area contributed by atoms with Crippen LogP contribution < -0.4 is 5.73 Å². The van der Waals surface area contributed by atoms with Crippen LogP contribution in [0.4, 0.5) is 4.79 Å². The Bertz CT molecular complexity index is 309. The van der Waals surface area contributed by atoms with Gasteiger partial charge in [-0.3, -0.25) is 4.79 Å². The van der Waals surface area contributed by atoms with Gasteiger partial charge in [-0.1, -0.05) is 0 Å². The van der Waals surface area contributed by atoms with E-state index in [-0.39, 0.29) is 24.0 Å². The Balaban J connectivity index is 2.67. The van der Waals surface area contributed by atoms with Crippen molar-refractivity contribution >= 4 is 12.0 Å². The number of piperidine rings is 1. The first-order valence-corrected chi connectivity index (χ1v) is 5.99. The zero-order chi connectivity index (χ0) is 13.2. The molecular weight excluding hydrogens is 220 g/mol. The first-order valence-electron chi connectivity index (χ1n) is 5.99. The molecule has 2 atom stereocenters. The molecule has 2 N–H and O–H groups in total. The molecule has 5 heteroatoms. The lowest BCUT2D eigenvalue weighted by atomic mass is 9.93. The Labute approximate surface area is 102 Å². The summed E-state index contributed by atoms with van der Waals surface area (Å²) in [6.45, 7) is 7.80. The molecule has 1 aliphatic rings. The number of ether oxygens (including phenoxy) is 1. The third-order valence-corrected chi connectivity index (χ3v) is 2.91. The number of carbonyl (C=O) groups excluding carboxylic acids is 2. The van der Waals surface area contributed by atoms with Crippen LogP contribution in [-0.4, -0.2) is 35.1 Å². The molecule has 0 bridgehead atoms. The van der Waals surface area contributed by atoms with Crippen molar-refractivity contribution in [1.29, 1.82) is 0 Å². The summed E-state index contributed by atoms with van der Waals surface area (Å²) < 4.78 is 5.31. The average Bonchev–Trinajstić information content (AvgIpc) is 2.14. The molecule has 0 radical (unpaired) electrons. The van der Waals surface area contributed by atoms with Crippen LogP contribution in [0.15, 0.2) is 0 Å². The van der Waals surface area contributed by atoms with Crippen LogP contribution in [0.1, 0.15) is 40.5 Å². The molecule has 1 aliphatic heterocycles. The highest BCUT2D eigenvalue weighted by molar-refractivity contribution is 5.78. The largest absolute Gasteiger partial charge is 0.444 e. The van der Waals surface area contributed by atoms with Crippen LogP contribution >= 0.6 is 0 Å². The van der Waals surface area contributed by atoms with E-state index < -0.39 is 5.60 Å². The smallest absolute Gasteiger partial charge is 0.410 e. The van der Waals surface area contributed by atoms with Gasteiger partial charge in [0.05, 0.1) is 5.92 Å². The van der Waals surface area contributed by atoms with Gasteiger partial charge in [-0.25, -0.2) is 4.79 Å². The highest BCUT2D eigenvalue weighted by Gasteiger charge is 2.33. The lowest BCUT2D eigenvalue weighted by molar-refractivity contribution is -0.123. The lowest BCUT2D eigenvalue weighted by Crippen LogP contribution is -2.50. The second kappa shape index (κ2) is 4.94. The molecule has 17 heavy (non-hydrogen) atoms. The monoisotopic (exact) mass is 242 g/mol. The SMILES string of the molecule is C[C@@H]1CC[C@H](C(N)=O)CN1C(=O)OC(C)(C)C. The van der Waals surface area contributed by atoms with Crippen molar-refractivity contribution in [3.8, 4) is 0 Å². The van der Waals surface area contributed by atoms with E-state index in [1.807, 2.05) is 27.7 Å². The number of primary amides is 1. The summed E-state index contributed by atoms with van der Waals surface area (Å²) in [7, 11) is 0. The molecule has 0 aliphatic carbocycles. The Morgan fingerprint density at radius 1 is 1.29 bits per heavy atom. The molecule has 1 saturated heterocycles. The highest BCUT2D eigenvalue weighted by atomic mass is 16.6. The van der Waals surface area contributed by atoms with Crippen LogP contribution in [0.25, 0.3) is 0 Å². The minimum Gasteiger partial charge on any atom is -0.444 e. The van der Waals surface area contributed by atoms with Gasteiger partial charge < -0.3 is 15.4 Å². The molecule has 0 aromatic carbocycles. The number of likely N-dealkylation sites (tertiary alicyclic amines) is 1. The maximum Gasteiger partial charge on any atom is 0.410 e. The Morgan fingerprint density at radius 2 is 1.88 bits per heavy atom. The van der Waals surface area contributed by atoms with Crippen molar-refractivity contribution in [2.75, 3.05) is 6.54 Å². The van der Waals surface area contributed by atoms with E-state index in [0.29, 0.717) is 6.54 Å². The molecule has 0 spiro atoms. The summed E-state index contributed by atoms with van der Waals surface area (Å²) >= 11 is 0. The standard InChI is InChI=1S/C12H22N2O3/c1-8-5-6-9(10(13)15)7-14(8)11(16)17-12(2,3)4/h8-9H,5-7H2,1-4H3,(H2,13,15)/t8-,9+/m1/s1. The molecule has 0 aromatic heterocycles. The maximum atomic E-state index is 11.9. The molecular formula is C12H22N2O3. The molecule has 0 saturated carbocycles. The summed E-state index contributed by atoms with van der Waals surface area (Å²) in [5.41, 5.74) is 4.77. The van der Waals surface area contributed by atoms with E-state index in [4.69, 9.17) is 10.5 Å². The van der Waals surface area contributed by atoms with Crippen LogP contribution in [0.5, 0.6) is 0 Å². The van der Waals surface area contributed by atoms with E-state index in [0.717, 1.165) is 12.8 Å². The van der Waals surface area contributed by atoms with E-state index in [1.165, 1.54) is 0 Å². The quantitative estimate of drug-likeness (QED) is 0.757. The van der Waals surface area contributed by atoms with Gasteiger partial charge in [0, 0.05) is 12.6 Å². The van der Waals surface area contributed by atoms with E-state index in [1.54, 1.807) is 4.90 Å². The van der Waals surface area contributed by atoms with Crippen molar-refractivity contribution in [3.05, 3.63) is 0 Å². The van der Waals surface area contributed by atoms with Crippen molar-refractivity contribution in [2.24, 2.45) is 11.7 Å².